The number of aromatic nitrogens is 2. The Balaban J connectivity index is 1.45. The maximum Gasteiger partial charge on any atom is 0.255 e. The Morgan fingerprint density at radius 3 is 2.41 bits per heavy atom. The lowest BCUT2D eigenvalue weighted by molar-refractivity contribution is 0.102. The fourth-order valence-electron chi connectivity index (χ4n) is 3.23. The molecule has 4 aromatic rings. The first-order valence-electron chi connectivity index (χ1n) is 9.95. The summed E-state index contributed by atoms with van der Waals surface area (Å²) in [5.41, 5.74) is 2.65. The molecule has 0 fully saturated rings. The summed E-state index contributed by atoms with van der Waals surface area (Å²) >= 11 is 0. The molecule has 8 heteroatoms. The minimum atomic E-state index is -3.65. The average molecular weight is 447 g/mol. The van der Waals surface area contributed by atoms with Crippen LogP contribution in [0.1, 0.15) is 15.9 Å². The van der Waals surface area contributed by atoms with Gasteiger partial charge in [-0.1, -0.05) is 36.4 Å². The molecule has 0 aliphatic carbocycles. The lowest BCUT2D eigenvalue weighted by Crippen LogP contribution is -2.26. The first-order valence-corrected chi connectivity index (χ1v) is 11.4. The Morgan fingerprint density at radius 2 is 1.72 bits per heavy atom. The number of rotatable bonds is 7. The summed E-state index contributed by atoms with van der Waals surface area (Å²) in [4.78, 5) is 12.8. The molecule has 1 heterocycles. The van der Waals surface area contributed by atoms with Crippen molar-refractivity contribution in [2.45, 2.75) is 11.4 Å². The Hall–Kier alpha value is -3.75. The first-order chi connectivity index (χ1) is 15.4. The normalized spacial score (nSPS) is 11.4. The van der Waals surface area contributed by atoms with Crippen LogP contribution in [0.4, 0.5) is 5.69 Å². The van der Waals surface area contributed by atoms with Crippen LogP contribution >= 0.6 is 0 Å². The number of hydrogen-bond acceptors (Lipinski definition) is 4. The maximum absolute atomic E-state index is 12.9. The van der Waals surface area contributed by atoms with Crippen molar-refractivity contribution in [3.8, 4) is 5.69 Å². The van der Waals surface area contributed by atoms with Gasteiger partial charge in [0.1, 0.15) is 0 Å². The number of carbonyl (C=O) groups excluding carboxylic acids is 1. The minimum absolute atomic E-state index is 0.162. The van der Waals surface area contributed by atoms with Crippen LogP contribution in [-0.4, -0.2) is 35.5 Å². The van der Waals surface area contributed by atoms with Crippen LogP contribution in [-0.2, 0) is 16.6 Å². The molecule has 162 valence electrons. The number of nitrogens with zero attached hydrogens (tertiary/aromatic N) is 3. The van der Waals surface area contributed by atoms with Gasteiger partial charge in [0, 0.05) is 37.2 Å². The van der Waals surface area contributed by atoms with Gasteiger partial charge in [0.15, 0.2) is 0 Å². The molecule has 0 aliphatic rings. The Labute approximate surface area is 187 Å². The minimum Gasteiger partial charge on any atom is -0.322 e. The SMILES string of the molecule is CN(Cc1ccccc1)S(=O)(=O)c1ccc(NC(=O)c2cccc(-n3cccn3)c2)cc1. The molecule has 0 aliphatic heterocycles. The highest BCUT2D eigenvalue weighted by atomic mass is 32.2. The summed E-state index contributed by atoms with van der Waals surface area (Å²) in [6.45, 7) is 0.272. The summed E-state index contributed by atoms with van der Waals surface area (Å²) in [5, 5.41) is 6.97. The largest absolute Gasteiger partial charge is 0.322 e. The Bertz CT molecular complexity index is 1300. The van der Waals surface area contributed by atoms with E-state index in [0.29, 0.717) is 11.3 Å². The molecular weight excluding hydrogens is 424 g/mol. The van der Waals surface area contributed by atoms with Gasteiger partial charge >= 0.3 is 0 Å². The van der Waals surface area contributed by atoms with Gasteiger partial charge in [-0.2, -0.15) is 9.40 Å². The quantitative estimate of drug-likeness (QED) is 0.466. The number of carbonyl (C=O) groups is 1. The van der Waals surface area contributed by atoms with Crippen LogP contribution in [0.2, 0.25) is 0 Å². The second kappa shape index (κ2) is 9.17. The second-order valence-electron chi connectivity index (χ2n) is 7.23. The Morgan fingerprint density at radius 1 is 0.969 bits per heavy atom. The van der Waals surface area contributed by atoms with E-state index in [1.165, 1.54) is 16.4 Å². The van der Waals surface area contributed by atoms with Crippen molar-refractivity contribution in [2.24, 2.45) is 0 Å². The van der Waals surface area contributed by atoms with Crippen LogP contribution in [0, 0.1) is 0 Å². The van der Waals surface area contributed by atoms with Crippen molar-refractivity contribution in [3.63, 3.8) is 0 Å². The van der Waals surface area contributed by atoms with Gasteiger partial charge < -0.3 is 5.32 Å². The van der Waals surface area contributed by atoms with Gasteiger partial charge in [-0.25, -0.2) is 13.1 Å². The van der Waals surface area contributed by atoms with Crippen molar-refractivity contribution >= 4 is 21.6 Å². The molecule has 32 heavy (non-hydrogen) atoms. The van der Waals surface area contributed by atoms with Crippen LogP contribution in [0.5, 0.6) is 0 Å². The number of benzene rings is 3. The van der Waals surface area contributed by atoms with E-state index in [0.717, 1.165) is 11.3 Å². The fourth-order valence-corrected chi connectivity index (χ4v) is 4.39. The molecule has 7 nitrogen and oxygen atoms in total. The molecule has 1 N–H and O–H groups in total. The van der Waals surface area contributed by atoms with E-state index < -0.39 is 10.0 Å². The van der Waals surface area contributed by atoms with E-state index in [2.05, 4.69) is 10.4 Å². The molecule has 1 amide bonds. The van der Waals surface area contributed by atoms with Gasteiger partial charge in [-0.3, -0.25) is 4.79 Å². The van der Waals surface area contributed by atoms with E-state index in [-0.39, 0.29) is 17.3 Å². The molecule has 0 atom stereocenters. The van der Waals surface area contributed by atoms with Gasteiger partial charge in [0.25, 0.3) is 5.91 Å². The molecule has 0 saturated heterocycles. The van der Waals surface area contributed by atoms with Gasteiger partial charge in [-0.15, -0.1) is 0 Å². The predicted molar refractivity (Wildman–Crippen MR) is 123 cm³/mol. The zero-order valence-corrected chi connectivity index (χ0v) is 18.2. The van der Waals surface area contributed by atoms with Gasteiger partial charge in [-0.05, 0) is 54.1 Å². The highest BCUT2D eigenvalue weighted by Crippen LogP contribution is 2.20. The van der Waals surface area contributed by atoms with Crippen LogP contribution < -0.4 is 5.32 Å². The maximum atomic E-state index is 12.9. The molecule has 0 spiro atoms. The second-order valence-corrected chi connectivity index (χ2v) is 9.27. The third-order valence-electron chi connectivity index (χ3n) is 4.95. The molecule has 0 unspecified atom stereocenters. The zero-order chi connectivity index (χ0) is 22.6. The molecule has 3 aromatic carbocycles. The smallest absolute Gasteiger partial charge is 0.255 e. The van der Waals surface area contributed by atoms with Crippen molar-refractivity contribution in [3.05, 3.63) is 108 Å². The average Bonchev–Trinajstić information content (AvgIpc) is 3.35. The van der Waals surface area contributed by atoms with Crippen LogP contribution in [0.15, 0.2) is 102 Å². The fraction of sp³-hybridized carbons (Fsp3) is 0.0833. The molecule has 0 saturated carbocycles. The molecule has 1 aromatic heterocycles. The molecule has 0 radical (unpaired) electrons. The Kier molecular flexibility index (Phi) is 6.16. The summed E-state index contributed by atoms with van der Waals surface area (Å²) in [6, 6.07) is 24.4. The summed E-state index contributed by atoms with van der Waals surface area (Å²) in [5.74, 6) is -0.296. The highest BCUT2D eigenvalue weighted by molar-refractivity contribution is 7.89. The lowest BCUT2D eigenvalue weighted by atomic mass is 10.2. The van der Waals surface area contributed by atoms with Gasteiger partial charge in [0.05, 0.1) is 10.6 Å². The van der Waals surface area contributed by atoms with E-state index in [1.807, 2.05) is 36.4 Å². The van der Waals surface area contributed by atoms with Crippen molar-refractivity contribution in [1.29, 1.82) is 0 Å². The van der Waals surface area contributed by atoms with Crippen LogP contribution in [0.25, 0.3) is 5.69 Å². The van der Waals surface area contributed by atoms with Gasteiger partial charge in [0.2, 0.25) is 10.0 Å². The zero-order valence-electron chi connectivity index (χ0n) is 17.4. The highest BCUT2D eigenvalue weighted by Gasteiger charge is 2.21. The number of anilines is 1. The summed E-state index contributed by atoms with van der Waals surface area (Å²) < 4.78 is 28.7. The number of amides is 1. The van der Waals surface area contributed by atoms with E-state index in [9.17, 15) is 13.2 Å². The molecular formula is C24H22N4O3S. The summed E-state index contributed by atoms with van der Waals surface area (Å²) in [6.07, 6.45) is 3.46. The van der Waals surface area contributed by atoms with Crippen molar-refractivity contribution in [2.75, 3.05) is 12.4 Å². The number of sulfonamides is 1. The first kappa shape index (κ1) is 21.5. The monoisotopic (exact) mass is 446 g/mol. The van der Waals surface area contributed by atoms with E-state index in [1.54, 1.807) is 60.5 Å². The van der Waals surface area contributed by atoms with E-state index >= 15 is 0 Å². The van der Waals surface area contributed by atoms with Crippen molar-refractivity contribution < 1.29 is 13.2 Å². The van der Waals surface area contributed by atoms with Crippen molar-refractivity contribution in [1.82, 2.24) is 14.1 Å². The number of nitrogens with one attached hydrogen (secondary N) is 1. The topological polar surface area (TPSA) is 84.3 Å². The third kappa shape index (κ3) is 4.77. The molecule has 4 rings (SSSR count). The predicted octanol–water partition coefficient (Wildman–Crippen LogP) is 3.95. The van der Waals surface area contributed by atoms with E-state index in [4.69, 9.17) is 0 Å². The van der Waals surface area contributed by atoms with Crippen LogP contribution in [0.3, 0.4) is 0 Å². The third-order valence-corrected chi connectivity index (χ3v) is 6.76. The lowest BCUT2D eigenvalue weighted by Gasteiger charge is -2.17. The summed E-state index contributed by atoms with van der Waals surface area (Å²) in [7, 11) is -2.11. The standard InChI is InChI=1S/C24H22N4O3S/c1-27(18-19-7-3-2-4-8-19)32(30,31)23-13-11-21(12-14-23)26-24(29)20-9-5-10-22(17-20)28-16-6-15-25-28/h2-17H,18H2,1H3,(H,26,29). The molecule has 0 bridgehead atoms. The number of hydrogen-bond donors (Lipinski definition) is 1.